The van der Waals surface area contributed by atoms with Crippen LogP contribution in [0.1, 0.15) is 31.2 Å². The van der Waals surface area contributed by atoms with Crippen molar-refractivity contribution in [3.8, 4) is 0 Å². The maximum atomic E-state index is 12.0. The number of primary sulfonamides is 1. The molecule has 10 heteroatoms. The molecule has 8 nitrogen and oxygen atoms in total. The van der Waals surface area contributed by atoms with E-state index < -0.39 is 10.0 Å². The Hall–Kier alpha value is -1.78. The molecule has 0 spiro atoms. The molecule has 0 aromatic heterocycles. The monoisotopic (exact) mass is 426 g/mol. The van der Waals surface area contributed by atoms with Gasteiger partial charge in [-0.25, -0.2) is 18.4 Å². The van der Waals surface area contributed by atoms with Crippen LogP contribution < -0.4 is 21.1 Å². The SMILES string of the molecule is NS(=O)(=O)c1ccc(CCNC(=O)CCCC[C@@H]2SC[C@@H]3NC(=O)N[C@@H]32)cc1. The zero-order chi connectivity index (χ0) is 20.1. The molecule has 2 saturated heterocycles. The lowest BCUT2D eigenvalue weighted by atomic mass is 10.0. The lowest BCUT2D eigenvalue weighted by Crippen LogP contribution is -2.36. The molecule has 3 atom stereocenters. The van der Waals surface area contributed by atoms with Crippen molar-refractivity contribution in [3.05, 3.63) is 29.8 Å². The molecule has 3 rings (SSSR count). The van der Waals surface area contributed by atoms with E-state index in [1.807, 2.05) is 11.8 Å². The quantitative estimate of drug-likeness (QED) is 0.341. The number of urea groups is 1. The molecule has 3 amide bonds. The molecule has 1 aromatic rings. The van der Waals surface area contributed by atoms with Crippen LogP contribution in [0.4, 0.5) is 4.79 Å². The zero-order valence-corrected chi connectivity index (χ0v) is 17.2. The lowest BCUT2D eigenvalue weighted by Gasteiger charge is -2.16. The first-order valence-corrected chi connectivity index (χ1v) is 12.0. The van der Waals surface area contributed by atoms with Crippen LogP contribution in [-0.4, -0.2) is 50.0 Å². The van der Waals surface area contributed by atoms with Crippen LogP contribution in [0, 0.1) is 0 Å². The van der Waals surface area contributed by atoms with Gasteiger partial charge in [-0.1, -0.05) is 18.6 Å². The first-order chi connectivity index (χ1) is 13.3. The van der Waals surface area contributed by atoms with Crippen LogP contribution in [0.25, 0.3) is 0 Å². The van der Waals surface area contributed by atoms with Crippen LogP contribution in [0.2, 0.25) is 0 Å². The Bertz CT molecular complexity index is 813. The summed E-state index contributed by atoms with van der Waals surface area (Å²) in [5.74, 6) is 0.973. The van der Waals surface area contributed by atoms with Crippen LogP contribution in [0.3, 0.4) is 0 Å². The number of nitrogens with two attached hydrogens (primary N) is 1. The second-order valence-electron chi connectivity index (χ2n) is 7.16. The Morgan fingerprint density at radius 1 is 1.21 bits per heavy atom. The average molecular weight is 427 g/mol. The highest BCUT2D eigenvalue weighted by Crippen LogP contribution is 2.33. The fourth-order valence-corrected chi connectivity index (χ4v) is 5.61. The van der Waals surface area contributed by atoms with E-state index in [1.54, 1.807) is 12.1 Å². The van der Waals surface area contributed by atoms with E-state index in [2.05, 4.69) is 16.0 Å². The Labute approximate surface area is 169 Å². The van der Waals surface area contributed by atoms with E-state index in [0.29, 0.717) is 24.6 Å². The van der Waals surface area contributed by atoms with Gasteiger partial charge in [-0.05, 0) is 37.0 Å². The van der Waals surface area contributed by atoms with Crippen LogP contribution >= 0.6 is 11.8 Å². The summed E-state index contributed by atoms with van der Waals surface area (Å²) in [5, 5.41) is 14.3. The minimum Gasteiger partial charge on any atom is -0.356 e. The van der Waals surface area contributed by atoms with Crippen molar-refractivity contribution in [2.45, 2.75) is 54.3 Å². The number of nitrogens with one attached hydrogen (secondary N) is 3. The zero-order valence-electron chi connectivity index (χ0n) is 15.5. The molecule has 2 aliphatic rings. The highest BCUT2D eigenvalue weighted by molar-refractivity contribution is 8.00. The largest absolute Gasteiger partial charge is 0.356 e. The third-order valence-corrected chi connectivity index (χ3v) is 7.51. The molecule has 1 aromatic carbocycles. The molecule has 0 saturated carbocycles. The van der Waals surface area contributed by atoms with Crippen molar-refractivity contribution in [2.24, 2.45) is 5.14 Å². The van der Waals surface area contributed by atoms with Crippen molar-refractivity contribution in [2.75, 3.05) is 12.3 Å². The summed E-state index contributed by atoms with van der Waals surface area (Å²) in [6.45, 7) is 0.507. The molecule has 2 aliphatic heterocycles. The molecule has 0 radical (unpaired) electrons. The van der Waals surface area contributed by atoms with E-state index >= 15 is 0 Å². The van der Waals surface area contributed by atoms with Gasteiger partial charge in [0, 0.05) is 24.0 Å². The number of benzene rings is 1. The summed E-state index contributed by atoms with van der Waals surface area (Å²) >= 11 is 1.89. The molecule has 28 heavy (non-hydrogen) atoms. The molecule has 5 N–H and O–H groups in total. The Kier molecular flexibility index (Phi) is 6.84. The molecule has 0 unspecified atom stereocenters. The van der Waals surface area contributed by atoms with E-state index in [4.69, 9.17) is 5.14 Å². The van der Waals surface area contributed by atoms with Gasteiger partial charge in [0.1, 0.15) is 0 Å². The number of hydrogen-bond donors (Lipinski definition) is 4. The molecule has 2 heterocycles. The number of rotatable bonds is 9. The normalized spacial score (nSPS) is 23.8. The number of sulfonamides is 1. The number of fused-ring (bicyclic) bond motifs is 1. The summed E-state index contributed by atoms with van der Waals surface area (Å²) in [7, 11) is -3.68. The van der Waals surface area contributed by atoms with Crippen molar-refractivity contribution < 1.29 is 18.0 Å². The average Bonchev–Trinajstić information content (AvgIpc) is 3.18. The fourth-order valence-electron chi connectivity index (χ4n) is 3.55. The number of unbranched alkanes of at least 4 members (excludes halogenated alkanes) is 1. The van der Waals surface area contributed by atoms with Gasteiger partial charge in [-0.2, -0.15) is 11.8 Å². The van der Waals surface area contributed by atoms with Gasteiger partial charge >= 0.3 is 6.03 Å². The van der Waals surface area contributed by atoms with Crippen molar-refractivity contribution in [1.29, 1.82) is 0 Å². The summed E-state index contributed by atoms with van der Waals surface area (Å²) in [6, 6.07) is 6.74. The Morgan fingerprint density at radius 2 is 1.96 bits per heavy atom. The second kappa shape index (κ2) is 9.15. The minimum absolute atomic E-state index is 0.0222. The van der Waals surface area contributed by atoms with Crippen molar-refractivity contribution in [3.63, 3.8) is 0 Å². The highest BCUT2D eigenvalue weighted by Gasteiger charge is 2.42. The predicted octanol–water partition coefficient (Wildman–Crippen LogP) is 0.719. The van der Waals surface area contributed by atoms with E-state index in [1.165, 1.54) is 12.1 Å². The third-order valence-electron chi connectivity index (χ3n) is 5.07. The Balaban J connectivity index is 1.28. The molecular formula is C18H26N4O4S2. The summed E-state index contributed by atoms with van der Waals surface area (Å²) < 4.78 is 22.4. The van der Waals surface area contributed by atoms with Gasteiger partial charge in [0.2, 0.25) is 15.9 Å². The van der Waals surface area contributed by atoms with Gasteiger partial charge in [0.25, 0.3) is 0 Å². The van der Waals surface area contributed by atoms with E-state index in [0.717, 1.165) is 30.6 Å². The lowest BCUT2D eigenvalue weighted by molar-refractivity contribution is -0.121. The fraction of sp³-hybridized carbons (Fsp3) is 0.556. The van der Waals surface area contributed by atoms with Crippen LogP contribution in [0.15, 0.2) is 29.2 Å². The van der Waals surface area contributed by atoms with Gasteiger partial charge in [0.15, 0.2) is 0 Å². The number of amides is 3. The number of hydrogen-bond acceptors (Lipinski definition) is 5. The predicted molar refractivity (Wildman–Crippen MR) is 108 cm³/mol. The minimum atomic E-state index is -3.68. The molecule has 0 aliphatic carbocycles. The van der Waals surface area contributed by atoms with Gasteiger partial charge in [-0.15, -0.1) is 0 Å². The van der Waals surface area contributed by atoms with Crippen molar-refractivity contribution >= 4 is 33.7 Å². The van der Waals surface area contributed by atoms with E-state index in [-0.39, 0.29) is 28.9 Å². The van der Waals surface area contributed by atoms with Gasteiger partial charge in [0.05, 0.1) is 17.0 Å². The number of carbonyl (C=O) groups excluding carboxylic acids is 2. The highest BCUT2D eigenvalue weighted by atomic mass is 32.2. The smallest absolute Gasteiger partial charge is 0.315 e. The molecule has 0 bridgehead atoms. The van der Waals surface area contributed by atoms with Gasteiger partial charge in [-0.3, -0.25) is 4.79 Å². The van der Waals surface area contributed by atoms with Crippen LogP contribution in [0.5, 0.6) is 0 Å². The number of carbonyl (C=O) groups is 2. The standard InChI is InChI=1S/C18H26N4O4S2/c19-28(25,26)13-7-5-12(6-8-13)9-10-20-16(23)4-2-1-3-15-17-14(11-27-15)21-18(24)22-17/h5-8,14-15,17H,1-4,9-11H2,(H,20,23)(H2,19,25,26)(H2,21,22,24)/t14-,15-,17-/m0/s1. The molecular weight excluding hydrogens is 400 g/mol. The van der Waals surface area contributed by atoms with Gasteiger partial charge < -0.3 is 16.0 Å². The second-order valence-corrected chi connectivity index (χ2v) is 9.99. The number of thioether (sulfide) groups is 1. The molecule has 154 valence electrons. The van der Waals surface area contributed by atoms with Crippen LogP contribution in [-0.2, 0) is 21.2 Å². The first-order valence-electron chi connectivity index (χ1n) is 9.40. The Morgan fingerprint density at radius 3 is 2.68 bits per heavy atom. The van der Waals surface area contributed by atoms with Crippen molar-refractivity contribution in [1.82, 2.24) is 16.0 Å². The topological polar surface area (TPSA) is 130 Å². The van der Waals surface area contributed by atoms with E-state index in [9.17, 15) is 18.0 Å². The first kappa shape index (κ1) is 20.9. The molecule has 2 fully saturated rings. The summed E-state index contributed by atoms with van der Waals surface area (Å²) in [4.78, 5) is 23.4. The summed E-state index contributed by atoms with van der Waals surface area (Å²) in [5.41, 5.74) is 0.938. The third kappa shape index (κ3) is 5.62. The maximum Gasteiger partial charge on any atom is 0.315 e. The maximum absolute atomic E-state index is 12.0. The summed E-state index contributed by atoms with van der Waals surface area (Å²) in [6.07, 6.45) is 3.90.